The van der Waals surface area contributed by atoms with E-state index in [1.165, 1.54) is 0 Å². The lowest BCUT2D eigenvalue weighted by atomic mass is 9.99. The summed E-state index contributed by atoms with van der Waals surface area (Å²) in [5.41, 5.74) is -2.07. The van der Waals surface area contributed by atoms with Crippen LogP contribution in [0.15, 0.2) is 22.7 Å². The van der Waals surface area contributed by atoms with E-state index in [1.54, 1.807) is 23.1 Å². The first-order chi connectivity index (χ1) is 16.5. The van der Waals surface area contributed by atoms with E-state index in [0.29, 0.717) is 18.4 Å². The van der Waals surface area contributed by atoms with Crippen LogP contribution < -0.4 is 0 Å². The molecule has 3 aliphatic rings. The van der Waals surface area contributed by atoms with Crippen LogP contribution in [0.2, 0.25) is 10.0 Å². The Morgan fingerprint density at radius 2 is 1.74 bits per heavy atom. The Kier molecular flexibility index (Phi) is 6.03. The lowest BCUT2D eigenvalue weighted by molar-refractivity contribution is -0.0227. The highest BCUT2D eigenvalue weighted by Crippen LogP contribution is 2.53. The van der Waals surface area contributed by atoms with E-state index in [-0.39, 0.29) is 58.1 Å². The van der Waals surface area contributed by atoms with Gasteiger partial charge in [-0.05, 0) is 58.6 Å². The van der Waals surface area contributed by atoms with Crippen LogP contribution >= 0.6 is 23.2 Å². The van der Waals surface area contributed by atoms with Gasteiger partial charge < -0.3 is 18.9 Å². The predicted molar refractivity (Wildman–Crippen MR) is 127 cm³/mol. The number of carbonyl (C=O) groups excluding carboxylic acids is 2. The minimum absolute atomic E-state index is 0.0682. The Morgan fingerprint density at radius 3 is 2.29 bits per heavy atom. The van der Waals surface area contributed by atoms with Crippen LogP contribution in [0, 0.1) is 0 Å². The number of halogens is 3. The molecule has 1 saturated carbocycles. The molecular formula is C25H27Cl2FN2O5. The molecule has 1 aromatic carbocycles. The predicted octanol–water partition coefficient (Wildman–Crippen LogP) is 6.69. The van der Waals surface area contributed by atoms with Gasteiger partial charge in [0, 0.05) is 30.5 Å². The van der Waals surface area contributed by atoms with Gasteiger partial charge in [0.25, 0.3) is 0 Å². The molecule has 35 heavy (non-hydrogen) atoms. The number of nitrogens with zero attached hydrogens (tertiary/aromatic N) is 2. The second-order valence-corrected chi connectivity index (χ2v) is 11.4. The van der Waals surface area contributed by atoms with Gasteiger partial charge in [0.2, 0.25) is 0 Å². The fourth-order valence-electron chi connectivity index (χ4n) is 5.06. The van der Waals surface area contributed by atoms with Crippen molar-refractivity contribution < 1.29 is 28.0 Å². The van der Waals surface area contributed by atoms with Gasteiger partial charge in [0.15, 0.2) is 11.4 Å². The Labute approximate surface area is 212 Å². The Bertz CT molecular complexity index is 1140. The second kappa shape index (κ2) is 8.66. The number of esters is 1. The number of alkyl halides is 1. The number of carbonyl (C=O) groups is 2. The van der Waals surface area contributed by atoms with Gasteiger partial charge in [-0.25, -0.2) is 14.0 Å². The summed E-state index contributed by atoms with van der Waals surface area (Å²) < 4.78 is 31.9. The summed E-state index contributed by atoms with van der Waals surface area (Å²) in [5.74, 6) is -0.881. The van der Waals surface area contributed by atoms with Crippen molar-refractivity contribution in [3.63, 3.8) is 0 Å². The van der Waals surface area contributed by atoms with Crippen LogP contribution in [0.1, 0.15) is 75.4 Å². The van der Waals surface area contributed by atoms with Crippen molar-refractivity contribution in [2.75, 3.05) is 0 Å². The van der Waals surface area contributed by atoms with Crippen molar-refractivity contribution >= 4 is 35.3 Å². The number of fused-ring (bicyclic) bond motifs is 2. The molecule has 7 nitrogen and oxygen atoms in total. The van der Waals surface area contributed by atoms with Crippen LogP contribution in [-0.4, -0.2) is 45.9 Å². The third-order valence-electron chi connectivity index (χ3n) is 6.76. The maximum Gasteiger partial charge on any atom is 0.410 e. The van der Waals surface area contributed by atoms with E-state index >= 15 is 4.39 Å². The molecular weight excluding hydrogens is 498 g/mol. The van der Waals surface area contributed by atoms with Crippen molar-refractivity contribution in [1.29, 1.82) is 0 Å². The number of ether oxygens (including phenoxy) is 2. The lowest BCUT2D eigenvalue weighted by Crippen LogP contribution is -2.50. The van der Waals surface area contributed by atoms with Gasteiger partial charge in [0.05, 0.1) is 10.0 Å². The third kappa shape index (κ3) is 4.62. The van der Waals surface area contributed by atoms with Crippen molar-refractivity contribution in [2.45, 2.75) is 88.8 Å². The van der Waals surface area contributed by atoms with E-state index in [2.05, 4.69) is 5.16 Å². The molecule has 2 bridgehead atoms. The summed E-state index contributed by atoms with van der Waals surface area (Å²) in [6, 6.07) is 4.71. The van der Waals surface area contributed by atoms with Crippen molar-refractivity contribution in [3.8, 4) is 11.3 Å². The zero-order chi connectivity index (χ0) is 25.1. The summed E-state index contributed by atoms with van der Waals surface area (Å²) in [4.78, 5) is 27.9. The maximum absolute atomic E-state index is 15.1. The van der Waals surface area contributed by atoms with E-state index in [4.69, 9.17) is 37.2 Å². The molecule has 2 saturated heterocycles. The Hall–Kier alpha value is -2.32. The van der Waals surface area contributed by atoms with Crippen LogP contribution in [0.5, 0.6) is 0 Å². The Balaban J connectivity index is 1.39. The smallest absolute Gasteiger partial charge is 0.410 e. The minimum atomic E-state index is -1.76. The average molecular weight is 525 g/mol. The molecule has 10 heteroatoms. The van der Waals surface area contributed by atoms with E-state index in [0.717, 1.165) is 12.8 Å². The number of hydrogen-bond acceptors (Lipinski definition) is 6. The summed E-state index contributed by atoms with van der Waals surface area (Å²) in [7, 11) is 0. The van der Waals surface area contributed by atoms with E-state index in [1.807, 2.05) is 20.8 Å². The van der Waals surface area contributed by atoms with Gasteiger partial charge in [0.1, 0.15) is 23.0 Å². The molecule has 0 N–H and O–H groups in total. The van der Waals surface area contributed by atoms with E-state index in [9.17, 15) is 9.59 Å². The molecule has 0 radical (unpaired) electrons. The zero-order valence-electron chi connectivity index (χ0n) is 19.8. The Morgan fingerprint density at radius 1 is 1.14 bits per heavy atom. The van der Waals surface area contributed by atoms with Gasteiger partial charge in [-0.15, -0.1) is 0 Å². The number of rotatable bonds is 4. The third-order valence-corrected chi connectivity index (χ3v) is 7.39. The molecule has 3 fully saturated rings. The van der Waals surface area contributed by atoms with Crippen LogP contribution in [0.25, 0.3) is 11.3 Å². The highest BCUT2D eigenvalue weighted by Gasteiger charge is 2.53. The molecule has 2 aromatic rings. The average Bonchev–Trinajstić information content (AvgIpc) is 3.23. The summed E-state index contributed by atoms with van der Waals surface area (Å²) in [6.07, 6.45) is 2.25. The first-order valence-corrected chi connectivity index (χ1v) is 12.6. The molecule has 5 rings (SSSR count). The van der Waals surface area contributed by atoms with Crippen molar-refractivity contribution in [3.05, 3.63) is 39.6 Å². The van der Waals surface area contributed by atoms with E-state index < -0.39 is 23.3 Å². The summed E-state index contributed by atoms with van der Waals surface area (Å²) in [5, 5.41) is 4.51. The molecule has 3 heterocycles. The molecule has 188 valence electrons. The lowest BCUT2D eigenvalue weighted by Gasteiger charge is -2.39. The molecule has 1 amide bonds. The monoisotopic (exact) mass is 524 g/mol. The topological polar surface area (TPSA) is 81.9 Å². The molecule has 2 aliphatic heterocycles. The molecule has 0 spiro atoms. The largest absolute Gasteiger partial charge is 0.458 e. The van der Waals surface area contributed by atoms with Gasteiger partial charge >= 0.3 is 12.1 Å². The standard InChI is InChI=1S/C25H27Cl2FN2O5/c1-24(2,3)34-23(32)30-13-7-8-14(30)12-15(11-13)33-22(31)19-20(18-16(26)5-4-6-17(18)27)29-35-21(19)25(28)9-10-25/h4-6,13-15H,7-12H2,1-3H3/t13-,14+,15?. The number of benzene rings is 1. The molecule has 1 aromatic heterocycles. The van der Waals surface area contributed by atoms with Crippen molar-refractivity contribution in [1.82, 2.24) is 10.1 Å². The SMILES string of the molecule is CC(C)(C)OC(=O)N1[C@@H]2CC[C@H]1CC(OC(=O)c1c(-c3c(Cl)cccc3Cl)noc1C1(F)CC1)C2. The first-order valence-electron chi connectivity index (χ1n) is 11.8. The van der Waals surface area contributed by atoms with Gasteiger partial charge in [-0.3, -0.25) is 0 Å². The molecule has 1 aliphatic carbocycles. The summed E-state index contributed by atoms with van der Waals surface area (Å²) >= 11 is 12.7. The zero-order valence-corrected chi connectivity index (χ0v) is 21.3. The first kappa shape index (κ1) is 24.4. The fraction of sp³-hybridized carbons (Fsp3) is 0.560. The number of amides is 1. The van der Waals surface area contributed by atoms with Crippen LogP contribution in [-0.2, 0) is 15.1 Å². The van der Waals surface area contributed by atoms with Gasteiger partial charge in [-0.2, -0.15) is 0 Å². The highest BCUT2D eigenvalue weighted by molar-refractivity contribution is 6.39. The maximum atomic E-state index is 15.1. The number of aromatic nitrogens is 1. The number of piperidine rings is 1. The second-order valence-electron chi connectivity index (χ2n) is 10.6. The number of hydrogen-bond donors (Lipinski definition) is 0. The van der Waals surface area contributed by atoms with Crippen LogP contribution in [0.3, 0.4) is 0 Å². The fourth-order valence-corrected chi connectivity index (χ4v) is 5.64. The van der Waals surface area contributed by atoms with Gasteiger partial charge in [-0.1, -0.05) is 34.4 Å². The quantitative estimate of drug-likeness (QED) is 0.414. The van der Waals surface area contributed by atoms with Crippen LogP contribution in [0.4, 0.5) is 9.18 Å². The molecule has 1 unspecified atom stereocenters. The van der Waals surface area contributed by atoms with Crippen molar-refractivity contribution in [2.24, 2.45) is 0 Å². The molecule has 3 atom stereocenters. The summed E-state index contributed by atoms with van der Waals surface area (Å²) in [6.45, 7) is 5.49. The normalized spacial score (nSPS) is 24.9. The highest BCUT2D eigenvalue weighted by atomic mass is 35.5. The minimum Gasteiger partial charge on any atom is -0.458 e.